The number of nitrogens with zero attached hydrogens (tertiary/aromatic N) is 1. The van der Waals surface area contributed by atoms with E-state index in [1.807, 2.05) is 25.2 Å². The van der Waals surface area contributed by atoms with Gasteiger partial charge < -0.3 is 24.5 Å². The van der Waals surface area contributed by atoms with E-state index in [0.29, 0.717) is 24.5 Å². The third-order valence-electron chi connectivity index (χ3n) is 7.13. The number of hydrogen-bond donors (Lipinski definition) is 2. The predicted molar refractivity (Wildman–Crippen MR) is 167 cm³/mol. The lowest BCUT2D eigenvalue weighted by Crippen LogP contribution is -2.23. The molecule has 44 heavy (non-hydrogen) atoms. The summed E-state index contributed by atoms with van der Waals surface area (Å²) < 4.78 is 51.4. The molecular weight excluding hydrogens is 617 g/mol. The minimum absolute atomic E-state index is 0.0229. The molecule has 0 aliphatic carbocycles. The van der Waals surface area contributed by atoms with Crippen molar-refractivity contribution in [3.05, 3.63) is 81.1 Å². The summed E-state index contributed by atoms with van der Waals surface area (Å²) in [6.45, 7) is 1.43. The highest BCUT2D eigenvalue weighted by Gasteiger charge is 2.31. The number of aromatic amines is 1. The van der Waals surface area contributed by atoms with Gasteiger partial charge in [0.05, 0.1) is 30.4 Å². The highest BCUT2D eigenvalue weighted by molar-refractivity contribution is 8.00. The van der Waals surface area contributed by atoms with Gasteiger partial charge in [-0.3, -0.25) is 9.59 Å². The number of likely N-dealkylation sites (N-methyl/N-ethyl adjacent to an activating group) is 1. The summed E-state index contributed by atoms with van der Waals surface area (Å²) in [6.07, 6.45) is -3.00. The van der Waals surface area contributed by atoms with E-state index in [1.54, 1.807) is 14.2 Å². The van der Waals surface area contributed by atoms with E-state index in [1.165, 1.54) is 24.3 Å². The Morgan fingerprint density at radius 3 is 2.48 bits per heavy atom. The van der Waals surface area contributed by atoms with Crippen LogP contribution in [0.25, 0.3) is 22.0 Å². The van der Waals surface area contributed by atoms with Gasteiger partial charge >= 0.3 is 6.18 Å². The number of phenolic OH excluding ortho intramolecular Hbond substituents is 1. The summed E-state index contributed by atoms with van der Waals surface area (Å²) in [7, 11) is 5.14. The lowest BCUT2D eigenvalue weighted by Gasteiger charge is -2.17. The van der Waals surface area contributed by atoms with Crippen LogP contribution < -0.4 is 15.0 Å². The maximum absolute atomic E-state index is 13.6. The van der Waals surface area contributed by atoms with E-state index in [0.717, 1.165) is 42.4 Å². The van der Waals surface area contributed by atoms with E-state index in [-0.39, 0.29) is 55.7 Å². The minimum atomic E-state index is -4.63. The molecule has 234 valence electrons. The Balaban J connectivity index is 1.45. The highest BCUT2D eigenvalue weighted by Crippen LogP contribution is 2.42. The summed E-state index contributed by atoms with van der Waals surface area (Å²) in [5, 5.41) is 10.9. The van der Waals surface area contributed by atoms with Crippen LogP contribution >= 0.6 is 23.4 Å². The molecule has 3 aromatic carbocycles. The van der Waals surface area contributed by atoms with Crippen LogP contribution in [0, 0.1) is 0 Å². The number of aromatic nitrogens is 1. The molecule has 0 bridgehead atoms. The van der Waals surface area contributed by atoms with Crippen molar-refractivity contribution in [2.24, 2.45) is 0 Å². The van der Waals surface area contributed by atoms with Crippen LogP contribution in [-0.4, -0.2) is 60.9 Å². The van der Waals surface area contributed by atoms with E-state index in [9.17, 15) is 27.9 Å². The second kappa shape index (κ2) is 14.4. The molecule has 0 fully saturated rings. The SMILES string of the molecule is COc1ccc(CCN(C)CCCC(=O)CSc2c(-c3cc(Cl)ccc3O)c3cc(C(F)(F)F)ccc3[nH]c2=O)cc1OC. The molecule has 4 aromatic rings. The standard InChI is InChI=1S/C32H32ClF3N2O5S/c1-38(14-12-19-6-11-27(42-2)28(15-19)43-3)13-4-5-22(39)18-44-30-29(24-17-21(33)8-10-26(24)40)23-16-20(32(34,35)36)7-9-25(23)37-31(30)41/h6-11,15-17,40H,4-5,12-14,18H2,1-3H3,(H,37,41). The maximum atomic E-state index is 13.6. The van der Waals surface area contributed by atoms with E-state index in [2.05, 4.69) is 9.88 Å². The number of hydrogen-bond acceptors (Lipinski definition) is 7. The second-order valence-electron chi connectivity index (χ2n) is 10.3. The fourth-order valence-electron chi connectivity index (χ4n) is 4.80. The topological polar surface area (TPSA) is 91.9 Å². The molecule has 0 saturated carbocycles. The monoisotopic (exact) mass is 648 g/mol. The average Bonchev–Trinajstić information content (AvgIpc) is 2.99. The Morgan fingerprint density at radius 1 is 1.02 bits per heavy atom. The second-order valence-corrected chi connectivity index (χ2v) is 11.7. The Labute approximate surface area is 261 Å². The van der Waals surface area contributed by atoms with Crippen molar-refractivity contribution in [3.8, 4) is 28.4 Å². The number of fused-ring (bicyclic) bond motifs is 1. The maximum Gasteiger partial charge on any atom is 0.416 e. The molecule has 0 radical (unpaired) electrons. The summed E-state index contributed by atoms with van der Waals surface area (Å²) in [4.78, 5) is 30.7. The Hall–Kier alpha value is -3.67. The number of halogens is 4. The summed E-state index contributed by atoms with van der Waals surface area (Å²) in [6, 6.07) is 12.9. The van der Waals surface area contributed by atoms with Gasteiger partial charge in [-0.05, 0) is 80.5 Å². The number of nitrogens with one attached hydrogen (secondary N) is 1. The van der Waals surface area contributed by atoms with Crippen LogP contribution in [0.2, 0.25) is 5.02 Å². The number of carbonyl (C=O) groups excluding carboxylic acids is 1. The normalized spacial score (nSPS) is 11.7. The summed E-state index contributed by atoms with van der Waals surface area (Å²) in [5.41, 5.74) is -0.0707. The van der Waals surface area contributed by atoms with Crippen molar-refractivity contribution in [3.63, 3.8) is 0 Å². The largest absolute Gasteiger partial charge is 0.507 e. The van der Waals surface area contributed by atoms with Crippen molar-refractivity contribution in [1.29, 1.82) is 0 Å². The average molecular weight is 649 g/mol. The molecule has 1 aromatic heterocycles. The Bertz CT molecular complexity index is 1710. The molecule has 0 saturated heterocycles. The first-order valence-corrected chi connectivity index (χ1v) is 15.1. The van der Waals surface area contributed by atoms with Gasteiger partial charge in [0.25, 0.3) is 5.56 Å². The number of rotatable bonds is 13. The van der Waals surface area contributed by atoms with Crippen LogP contribution in [0.3, 0.4) is 0 Å². The molecule has 12 heteroatoms. The molecule has 0 aliphatic rings. The first-order valence-electron chi connectivity index (χ1n) is 13.7. The number of Topliss-reactive ketones (excluding diaryl/α,β-unsaturated/α-hetero) is 1. The first-order chi connectivity index (χ1) is 20.9. The van der Waals surface area contributed by atoms with Crippen molar-refractivity contribution in [1.82, 2.24) is 9.88 Å². The number of methoxy groups -OCH3 is 2. The fourth-order valence-corrected chi connectivity index (χ4v) is 5.97. The van der Waals surface area contributed by atoms with Gasteiger partial charge in [0.15, 0.2) is 11.5 Å². The predicted octanol–water partition coefficient (Wildman–Crippen LogP) is 7.21. The third-order valence-corrected chi connectivity index (χ3v) is 8.51. The van der Waals surface area contributed by atoms with Crippen molar-refractivity contribution in [2.75, 3.05) is 40.1 Å². The zero-order valence-corrected chi connectivity index (χ0v) is 26.0. The molecule has 0 unspecified atom stereocenters. The van der Waals surface area contributed by atoms with Gasteiger partial charge in [-0.2, -0.15) is 13.2 Å². The van der Waals surface area contributed by atoms with Crippen LogP contribution in [0.15, 0.2) is 64.3 Å². The van der Waals surface area contributed by atoms with E-state index < -0.39 is 17.3 Å². The van der Waals surface area contributed by atoms with Crippen molar-refractivity contribution < 1.29 is 32.5 Å². The van der Waals surface area contributed by atoms with E-state index in [4.69, 9.17) is 21.1 Å². The van der Waals surface area contributed by atoms with Gasteiger partial charge in [0, 0.05) is 40.0 Å². The smallest absolute Gasteiger partial charge is 0.416 e. The molecule has 1 heterocycles. The van der Waals surface area contributed by atoms with Gasteiger partial charge in [-0.15, -0.1) is 11.8 Å². The van der Waals surface area contributed by atoms with Crippen LogP contribution in [0.1, 0.15) is 24.0 Å². The number of aromatic hydroxyl groups is 1. The van der Waals surface area contributed by atoms with E-state index >= 15 is 0 Å². The number of pyridine rings is 1. The lowest BCUT2D eigenvalue weighted by molar-refractivity contribution is -0.137. The van der Waals surface area contributed by atoms with Crippen LogP contribution in [0.5, 0.6) is 17.2 Å². The number of phenols is 1. The molecule has 4 rings (SSSR count). The number of alkyl halides is 3. The molecule has 0 spiro atoms. The number of benzene rings is 3. The van der Waals surface area contributed by atoms with Crippen LogP contribution in [0.4, 0.5) is 13.2 Å². The van der Waals surface area contributed by atoms with Gasteiger partial charge in [0.1, 0.15) is 11.5 Å². The Kier molecular flexibility index (Phi) is 10.9. The number of carbonyl (C=O) groups is 1. The van der Waals surface area contributed by atoms with Gasteiger partial charge in [0.2, 0.25) is 0 Å². The van der Waals surface area contributed by atoms with Gasteiger partial charge in [-0.25, -0.2) is 0 Å². The quantitative estimate of drug-likeness (QED) is 0.148. The molecule has 2 N–H and O–H groups in total. The molecule has 7 nitrogen and oxygen atoms in total. The lowest BCUT2D eigenvalue weighted by atomic mass is 9.98. The minimum Gasteiger partial charge on any atom is -0.507 e. The summed E-state index contributed by atoms with van der Waals surface area (Å²) in [5.74, 6) is 0.873. The number of thioether (sulfide) groups is 1. The Morgan fingerprint density at radius 2 is 1.77 bits per heavy atom. The third kappa shape index (κ3) is 8.08. The number of ketones is 1. The zero-order valence-electron chi connectivity index (χ0n) is 24.4. The highest BCUT2D eigenvalue weighted by atomic mass is 35.5. The first kappa shape index (κ1) is 33.2. The van der Waals surface area contributed by atoms with Crippen molar-refractivity contribution in [2.45, 2.75) is 30.3 Å². The van der Waals surface area contributed by atoms with Crippen molar-refractivity contribution >= 4 is 40.0 Å². The molecular formula is C32H32ClF3N2O5S. The summed E-state index contributed by atoms with van der Waals surface area (Å²) >= 11 is 7.08. The number of ether oxygens (including phenoxy) is 2. The molecule has 0 aliphatic heterocycles. The molecule has 0 amide bonds. The fraction of sp³-hybridized carbons (Fsp3) is 0.312. The number of H-pyrrole nitrogens is 1. The van der Waals surface area contributed by atoms with Crippen LogP contribution in [-0.2, 0) is 17.4 Å². The van der Waals surface area contributed by atoms with Gasteiger partial charge in [-0.1, -0.05) is 17.7 Å². The zero-order chi connectivity index (χ0) is 32.0. The molecule has 0 atom stereocenters.